The van der Waals surface area contributed by atoms with Crippen LogP contribution in [-0.2, 0) is 9.47 Å². The number of rotatable bonds is 9. The molecule has 0 aromatic carbocycles. The van der Waals surface area contributed by atoms with Crippen LogP contribution in [0.3, 0.4) is 0 Å². The van der Waals surface area contributed by atoms with Crippen molar-refractivity contribution in [3.8, 4) is 0 Å². The molecule has 0 aromatic heterocycles. The Balaban J connectivity index is 5.63. The van der Waals surface area contributed by atoms with Gasteiger partial charge in [-0.3, -0.25) is 9.47 Å². The predicted molar refractivity (Wildman–Crippen MR) is 71.2 cm³/mol. The van der Waals surface area contributed by atoms with E-state index in [1.807, 2.05) is 33.0 Å². The van der Waals surface area contributed by atoms with Crippen molar-refractivity contribution in [3.05, 3.63) is 0 Å². The lowest BCUT2D eigenvalue weighted by Crippen LogP contribution is -2.76. The number of nitrogens with zero attached hydrogens (tertiary/aromatic N) is 3. The molecule has 0 rings (SSSR count). The first-order valence-electron chi connectivity index (χ1n) is 6.48. The van der Waals surface area contributed by atoms with E-state index in [1.54, 1.807) is 7.11 Å². The largest absolute Gasteiger partial charge is 0.409 e. The Bertz CT molecular complexity index is 237. The summed E-state index contributed by atoms with van der Waals surface area (Å²) in [7, 11) is 7.28. The van der Waals surface area contributed by atoms with Crippen molar-refractivity contribution in [1.29, 1.82) is 0 Å². The van der Waals surface area contributed by atoms with E-state index in [2.05, 4.69) is 18.9 Å². The van der Waals surface area contributed by atoms with Gasteiger partial charge >= 0.3 is 6.03 Å². The van der Waals surface area contributed by atoms with Crippen LogP contribution in [0.4, 0.5) is 0 Å². The van der Waals surface area contributed by atoms with Gasteiger partial charge in [-0.1, -0.05) is 0 Å². The Hall–Kier alpha value is -0.240. The molecule has 1 N–H and O–H groups in total. The topological polar surface area (TPSA) is 45.2 Å². The number of quaternary nitrogens is 1. The van der Waals surface area contributed by atoms with Crippen LogP contribution in [0.1, 0.15) is 20.8 Å². The Morgan fingerprint density at radius 1 is 1.17 bits per heavy atom. The van der Waals surface area contributed by atoms with Crippen molar-refractivity contribution >= 4 is 0 Å². The Labute approximate surface area is 111 Å². The van der Waals surface area contributed by atoms with Gasteiger partial charge in [-0.25, -0.2) is 4.90 Å². The number of ether oxygens (including phenoxy) is 2. The molecule has 0 fully saturated rings. The lowest BCUT2D eigenvalue weighted by atomic mass is 10.5. The predicted octanol–water partition coefficient (Wildman–Crippen LogP) is 0.495. The molecule has 0 heterocycles. The van der Waals surface area contributed by atoms with Crippen LogP contribution in [0, 0.1) is 0 Å². The molecule has 6 heteroatoms. The maximum Gasteiger partial charge on any atom is 0.409 e. The SMILES string of the molecule is CCOC(OC)(N(C)C)[N+](C)(CO)N(CC)CC. The lowest BCUT2D eigenvalue weighted by molar-refractivity contribution is -1.12. The fourth-order valence-corrected chi connectivity index (χ4v) is 2.53. The molecule has 18 heavy (non-hydrogen) atoms. The molecule has 6 nitrogen and oxygen atoms in total. The van der Waals surface area contributed by atoms with Crippen LogP contribution in [-0.4, -0.2) is 80.3 Å². The van der Waals surface area contributed by atoms with E-state index < -0.39 is 6.03 Å². The molecular weight excluding hydrogens is 234 g/mol. The van der Waals surface area contributed by atoms with Gasteiger partial charge in [-0.15, -0.1) is 5.01 Å². The smallest absolute Gasteiger partial charge is 0.346 e. The molecule has 0 aliphatic rings. The van der Waals surface area contributed by atoms with E-state index in [4.69, 9.17) is 9.47 Å². The first-order chi connectivity index (χ1) is 8.39. The molecule has 110 valence electrons. The quantitative estimate of drug-likeness (QED) is 0.373. The zero-order chi connectivity index (χ0) is 14.4. The Morgan fingerprint density at radius 3 is 1.89 bits per heavy atom. The fraction of sp³-hybridized carbons (Fsp3) is 1.00. The molecule has 2 atom stereocenters. The molecule has 0 saturated heterocycles. The Morgan fingerprint density at radius 2 is 1.67 bits per heavy atom. The molecule has 2 unspecified atom stereocenters. The van der Waals surface area contributed by atoms with Crippen molar-refractivity contribution < 1.29 is 19.2 Å². The van der Waals surface area contributed by atoms with E-state index in [9.17, 15) is 5.11 Å². The fourth-order valence-electron chi connectivity index (χ4n) is 2.53. The summed E-state index contributed by atoms with van der Waals surface area (Å²) in [5, 5.41) is 12.0. The summed E-state index contributed by atoms with van der Waals surface area (Å²) in [6.45, 7) is 8.00. The summed E-state index contributed by atoms with van der Waals surface area (Å²) in [5.74, 6) is 0. The van der Waals surface area contributed by atoms with Crippen LogP contribution in [0.2, 0.25) is 0 Å². The van der Waals surface area contributed by atoms with E-state index in [1.165, 1.54) is 0 Å². The van der Waals surface area contributed by atoms with Crippen molar-refractivity contribution in [3.63, 3.8) is 0 Å². The highest BCUT2D eigenvalue weighted by atomic mass is 16.8. The standard InChI is InChI=1S/C12H30N3O3/c1-8-14(9-2)15(6,11-16)12(17-7,13(4)5)18-10-3/h16H,8-11H2,1-7H3/q+1. The number of aliphatic hydroxyl groups excluding tert-OH is 1. The number of hydrogen-bond donors (Lipinski definition) is 1. The molecular formula is C12H30N3O3+. The number of hydrogen-bond acceptors (Lipinski definition) is 5. The number of aliphatic hydroxyl groups is 1. The second-order valence-electron chi connectivity index (χ2n) is 4.50. The average Bonchev–Trinajstić information content (AvgIpc) is 2.36. The van der Waals surface area contributed by atoms with Gasteiger partial charge in [-0.05, 0) is 34.9 Å². The minimum absolute atomic E-state index is 0.103. The van der Waals surface area contributed by atoms with Gasteiger partial charge < -0.3 is 5.11 Å². The van der Waals surface area contributed by atoms with Crippen LogP contribution < -0.4 is 0 Å². The second kappa shape index (κ2) is 7.37. The van der Waals surface area contributed by atoms with Gasteiger partial charge in [0.1, 0.15) is 0 Å². The van der Waals surface area contributed by atoms with Crippen molar-refractivity contribution in [2.75, 3.05) is 54.7 Å². The summed E-state index contributed by atoms with van der Waals surface area (Å²) >= 11 is 0. The third-order valence-corrected chi connectivity index (χ3v) is 3.40. The van der Waals surface area contributed by atoms with Crippen LogP contribution >= 0.6 is 0 Å². The maximum atomic E-state index is 9.90. The third-order valence-electron chi connectivity index (χ3n) is 3.40. The highest BCUT2D eigenvalue weighted by molar-refractivity contribution is 4.55. The maximum absolute atomic E-state index is 9.90. The second-order valence-corrected chi connectivity index (χ2v) is 4.50. The first kappa shape index (κ1) is 17.8. The molecule has 0 bridgehead atoms. The molecule has 0 aliphatic carbocycles. The van der Waals surface area contributed by atoms with Crippen LogP contribution in [0.25, 0.3) is 0 Å². The lowest BCUT2D eigenvalue weighted by Gasteiger charge is -2.52. The summed E-state index contributed by atoms with van der Waals surface area (Å²) < 4.78 is 11.6. The van der Waals surface area contributed by atoms with E-state index >= 15 is 0 Å². The van der Waals surface area contributed by atoms with Crippen LogP contribution in [0.15, 0.2) is 0 Å². The van der Waals surface area contributed by atoms with Crippen molar-refractivity contribution in [2.24, 2.45) is 0 Å². The molecule has 0 amide bonds. The minimum atomic E-state index is -1.03. The van der Waals surface area contributed by atoms with Gasteiger partial charge in [0.25, 0.3) is 0 Å². The summed E-state index contributed by atoms with van der Waals surface area (Å²) in [6, 6.07) is -1.03. The molecule has 0 aromatic rings. The van der Waals surface area contributed by atoms with E-state index in [-0.39, 0.29) is 11.3 Å². The van der Waals surface area contributed by atoms with Crippen molar-refractivity contribution in [1.82, 2.24) is 9.91 Å². The number of methoxy groups -OCH3 is 1. The van der Waals surface area contributed by atoms with E-state index in [0.717, 1.165) is 13.1 Å². The van der Waals surface area contributed by atoms with Crippen molar-refractivity contribution in [2.45, 2.75) is 26.8 Å². The summed E-state index contributed by atoms with van der Waals surface area (Å²) in [6.07, 6.45) is 0. The zero-order valence-electron chi connectivity index (χ0n) is 12.9. The Kier molecular flexibility index (Phi) is 7.28. The van der Waals surface area contributed by atoms with Gasteiger partial charge in [0.05, 0.1) is 13.7 Å². The minimum Gasteiger partial charge on any atom is -0.346 e. The van der Waals surface area contributed by atoms with E-state index in [0.29, 0.717) is 6.61 Å². The highest BCUT2D eigenvalue weighted by Gasteiger charge is 2.56. The molecule has 0 radical (unpaired) electrons. The summed E-state index contributed by atoms with van der Waals surface area (Å²) in [4.78, 5) is 1.85. The van der Waals surface area contributed by atoms with Gasteiger partial charge in [-0.2, -0.15) is 4.59 Å². The molecule has 0 aliphatic heterocycles. The highest BCUT2D eigenvalue weighted by Crippen LogP contribution is 2.29. The monoisotopic (exact) mass is 264 g/mol. The normalized spacial score (nSPS) is 19.0. The van der Waals surface area contributed by atoms with Gasteiger partial charge in [0.2, 0.25) is 6.73 Å². The zero-order valence-corrected chi connectivity index (χ0v) is 12.9. The summed E-state index contributed by atoms with van der Waals surface area (Å²) in [5.41, 5.74) is 0. The average molecular weight is 264 g/mol. The third kappa shape index (κ3) is 2.84. The first-order valence-corrected chi connectivity index (χ1v) is 6.48. The van der Waals surface area contributed by atoms with Crippen LogP contribution in [0.5, 0.6) is 0 Å². The molecule has 0 spiro atoms. The van der Waals surface area contributed by atoms with Gasteiger partial charge in [0, 0.05) is 20.2 Å². The molecule has 0 saturated carbocycles. The van der Waals surface area contributed by atoms with Gasteiger partial charge in [0.15, 0.2) is 0 Å².